The van der Waals surface area contributed by atoms with Crippen molar-refractivity contribution in [1.29, 1.82) is 0 Å². The van der Waals surface area contributed by atoms with E-state index in [0.717, 1.165) is 0 Å². The van der Waals surface area contributed by atoms with Gasteiger partial charge in [-0.25, -0.2) is 23.2 Å². The molecule has 0 saturated carbocycles. The highest BCUT2D eigenvalue weighted by molar-refractivity contribution is 7.91. The number of carbonyl (C=O) groups is 1. The summed E-state index contributed by atoms with van der Waals surface area (Å²) in [5, 5.41) is -0.339. The lowest BCUT2D eigenvalue weighted by atomic mass is 10.2. The van der Waals surface area contributed by atoms with E-state index in [1.54, 1.807) is 49.9 Å². The maximum atomic E-state index is 12.8. The Morgan fingerprint density at radius 1 is 1.26 bits per heavy atom. The summed E-state index contributed by atoms with van der Waals surface area (Å²) in [6.45, 7) is 6.18. The van der Waals surface area contributed by atoms with Crippen LogP contribution >= 0.6 is 11.6 Å². The second kappa shape index (κ2) is 7.24. The van der Waals surface area contributed by atoms with Gasteiger partial charge >= 0.3 is 6.09 Å². The second-order valence-corrected chi connectivity index (χ2v) is 9.98. The molecule has 1 aromatic heterocycles. The van der Waals surface area contributed by atoms with Gasteiger partial charge in [0, 0.05) is 13.1 Å². The molecule has 0 N–H and O–H groups in total. The number of fused-ring (bicyclic) bond motifs is 1. The molecule has 27 heavy (non-hydrogen) atoms. The summed E-state index contributed by atoms with van der Waals surface area (Å²) in [5.74, 6) is -0.342. The standard InChI is InChI=1S/C18H22ClN3O4S/c1-18(2,3)26-17(23)22-9-8-12(10-22)11-27(24,25)16-15(19)20-13-6-4-5-7-14(13)21-16/h4-7,12H,8-11H2,1-3H3. The molecule has 0 spiro atoms. The number of rotatable bonds is 3. The van der Waals surface area contributed by atoms with Gasteiger partial charge in [0.1, 0.15) is 5.60 Å². The molecule has 0 radical (unpaired) electrons. The first-order valence-corrected chi connectivity index (χ1v) is 10.7. The van der Waals surface area contributed by atoms with Crippen LogP contribution in [-0.2, 0) is 14.6 Å². The summed E-state index contributed by atoms with van der Waals surface area (Å²) in [6.07, 6.45) is 0.155. The molecule has 1 unspecified atom stereocenters. The molecule has 1 fully saturated rings. The second-order valence-electron chi connectivity index (χ2n) is 7.67. The molecule has 7 nitrogen and oxygen atoms in total. The van der Waals surface area contributed by atoms with Crippen molar-refractivity contribution >= 4 is 38.6 Å². The van der Waals surface area contributed by atoms with E-state index in [9.17, 15) is 13.2 Å². The van der Waals surface area contributed by atoms with Gasteiger partial charge in [-0.1, -0.05) is 23.7 Å². The predicted molar refractivity (Wildman–Crippen MR) is 103 cm³/mol. The molecule has 3 rings (SSSR count). The lowest BCUT2D eigenvalue weighted by Gasteiger charge is -2.24. The Kier molecular flexibility index (Phi) is 5.31. The van der Waals surface area contributed by atoms with Gasteiger partial charge in [-0.15, -0.1) is 0 Å². The highest BCUT2D eigenvalue weighted by Crippen LogP contribution is 2.26. The minimum absolute atomic E-state index is 0.129. The number of likely N-dealkylation sites (tertiary alicyclic amines) is 1. The molecule has 1 amide bonds. The van der Waals surface area contributed by atoms with Gasteiger partial charge in [0.05, 0.1) is 16.8 Å². The molecule has 1 aromatic carbocycles. The van der Waals surface area contributed by atoms with Gasteiger partial charge in [0.2, 0.25) is 0 Å². The minimum Gasteiger partial charge on any atom is -0.444 e. The maximum Gasteiger partial charge on any atom is 0.410 e. The number of para-hydroxylation sites is 2. The molecule has 2 aromatic rings. The van der Waals surface area contributed by atoms with Crippen LogP contribution in [0.4, 0.5) is 4.79 Å². The zero-order valence-corrected chi connectivity index (χ0v) is 17.0. The topological polar surface area (TPSA) is 89.5 Å². The highest BCUT2D eigenvalue weighted by atomic mass is 35.5. The monoisotopic (exact) mass is 411 g/mol. The quantitative estimate of drug-likeness (QED) is 0.769. The number of amides is 1. The van der Waals surface area contributed by atoms with Gasteiger partial charge in [0.15, 0.2) is 20.0 Å². The molecule has 1 aliphatic rings. The first-order chi connectivity index (χ1) is 12.5. The van der Waals surface area contributed by atoms with Crippen LogP contribution in [0.15, 0.2) is 29.3 Å². The SMILES string of the molecule is CC(C)(C)OC(=O)N1CCC(CS(=O)(=O)c2nc3ccccc3nc2Cl)C1. The smallest absolute Gasteiger partial charge is 0.410 e. The number of hydrogen-bond donors (Lipinski definition) is 0. The first kappa shape index (κ1) is 19.8. The van der Waals surface area contributed by atoms with E-state index < -0.39 is 21.5 Å². The van der Waals surface area contributed by atoms with E-state index in [-0.39, 0.29) is 21.8 Å². The molecule has 0 bridgehead atoms. The van der Waals surface area contributed by atoms with Gasteiger partial charge < -0.3 is 9.64 Å². The lowest BCUT2D eigenvalue weighted by Crippen LogP contribution is -2.35. The number of benzene rings is 1. The Morgan fingerprint density at radius 2 is 1.89 bits per heavy atom. The van der Waals surface area contributed by atoms with Crippen molar-refractivity contribution in [3.05, 3.63) is 29.4 Å². The third-order valence-electron chi connectivity index (χ3n) is 4.19. The lowest BCUT2D eigenvalue weighted by molar-refractivity contribution is 0.0289. The molecular weight excluding hydrogens is 390 g/mol. The van der Waals surface area contributed by atoms with Crippen LogP contribution in [0.25, 0.3) is 11.0 Å². The van der Waals surface area contributed by atoms with Crippen LogP contribution in [0.3, 0.4) is 0 Å². The number of carbonyl (C=O) groups excluding carboxylic acids is 1. The van der Waals surface area contributed by atoms with Crippen LogP contribution in [0, 0.1) is 5.92 Å². The normalized spacial score (nSPS) is 18.1. The first-order valence-electron chi connectivity index (χ1n) is 8.68. The third kappa shape index (κ3) is 4.68. The predicted octanol–water partition coefficient (Wildman–Crippen LogP) is 3.31. The summed E-state index contributed by atoms with van der Waals surface area (Å²) < 4.78 is 31.0. The zero-order chi connectivity index (χ0) is 19.8. The average molecular weight is 412 g/mol. The highest BCUT2D eigenvalue weighted by Gasteiger charge is 2.34. The third-order valence-corrected chi connectivity index (χ3v) is 6.35. The van der Waals surface area contributed by atoms with Crippen LogP contribution in [-0.4, -0.2) is 53.8 Å². The molecule has 146 valence electrons. The van der Waals surface area contributed by atoms with Crippen molar-refractivity contribution < 1.29 is 17.9 Å². The fraction of sp³-hybridized carbons (Fsp3) is 0.500. The van der Waals surface area contributed by atoms with Gasteiger partial charge in [-0.2, -0.15) is 0 Å². The largest absolute Gasteiger partial charge is 0.444 e. The summed E-state index contributed by atoms with van der Waals surface area (Å²) >= 11 is 6.09. The zero-order valence-electron chi connectivity index (χ0n) is 15.5. The van der Waals surface area contributed by atoms with E-state index in [0.29, 0.717) is 30.5 Å². The molecule has 2 heterocycles. The van der Waals surface area contributed by atoms with E-state index >= 15 is 0 Å². The van der Waals surface area contributed by atoms with Crippen molar-refractivity contribution in [3.63, 3.8) is 0 Å². The van der Waals surface area contributed by atoms with Crippen LogP contribution in [0.5, 0.6) is 0 Å². The molecule has 9 heteroatoms. The van der Waals surface area contributed by atoms with Crippen molar-refractivity contribution in [2.75, 3.05) is 18.8 Å². The van der Waals surface area contributed by atoms with Gasteiger partial charge in [-0.05, 0) is 45.2 Å². The number of aromatic nitrogens is 2. The molecular formula is C18H22ClN3O4S. The van der Waals surface area contributed by atoms with Crippen molar-refractivity contribution in [2.24, 2.45) is 5.92 Å². The Balaban J connectivity index is 1.74. The van der Waals surface area contributed by atoms with Gasteiger partial charge in [0.25, 0.3) is 0 Å². The summed E-state index contributed by atoms with van der Waals surface area (Å²) in [7, 11) is -3.73. The molecule has 1 aliphatic heterocycles. The number of ether oxygens (including phenoxy) is 1. The Morgan fingerprint density at radius 3 is 2.52 bits per heavy atom. The summed E-state index contributed by atoms with van der Waals surface area (Å²) in [5.41, 5.74) is 0.427. The molecule has 1 saturated heterocycles. The van der Waals surface area contributed by atoms with Crippen LogP contribution in [0.2, 0.25) is 5.15 Å². The maximum absolute atomic E-state index is 12.8. The van der Waals surface area contributed by atoms with E-state index in [2.05, 4.69) is 9.97 Å². The molecule has 1 atom stereocenters. The van der Waals surface area contributed by atoms with Crippen molar-refractivity contribution in [3.8, 4) is 0 Å². The number of hydrogen-bond acceptors (Lipinski definition) is 6. The van der Waals surface area contributed by atoms with E-state index in [1.807, 2.05) is 0 Å². The fourth-order valence-electron chi connectivity index (χ4n) is 3.01. The summed E-state index contributed by atoms with van der Waals surface area (Å²) in [4.78, 5) is 22.0. The Bertz CT molecular complexity index is 972. The van der Waals surface area contributed by atoms with E-state index in [4.69, 9.17) is 16.3 Å². The number of nitrogens with zero attached hydrogens (tertiary/aromatic N) is 3. The number of halogens is 1. The van der Waals surface area contributed by atoms with Crippen LogP contribution in [0.1, 0.15) is 27.2 Å². The van der Waals surface area contributed by atoms with Crippen molar-refractivity contribution in [2.45, 2.75) is 37.8 Å². The van der Waals surface area contributed by atoms with E-state index in [1.165, 1.54) is 0 Å². The Labute approximate surface area is 163 Å². The van der Waals surface area contributed by atoms with Crippen molar-refractivity contribution in [1.82, 2.24) is 14.9 Å². The van der Waals surface area contributed by atoms with Crippen LogP contribution < -0.4 is 0 Å². The fourth-order valence-corrected chi connectivity index (χ4v) is 5.09. The minimum atomic E-state index is -3.73. The van der Waals surface area contributed by atoms with Gasteiger partial charge in [-0.3, -0.25) is 0 Å². The molecule has 0 aliphatic carbocycles. The Hall–Kier alpha value is -1.93. The summed E-state index contributed by atoms with van der Waals surface area (Å²) in [6, 6.07) is 6.96. The number of sulfone groups is 1. The average Bonchev–Trinajstić information content (AvgIpc) is 3.00.